The van der Waals surface area contributed by atoms with Crippen LogP contribution in [0.1, 0.15) is 12.5 Å². The van der Waals surface area contributed by atoms with Crippen LogP contribution in [-0.4, -0.2) is 32.1 Å². The number of carboxylic acids is 1. The Kier molecular flexibility index (Phi) is 6.05. The lowest BCUT2D eigenvalue weighted by molar-refractivity contribution is -0.139. The molecule has 0 heterocycles. The molecule has 0 fully saturated rings. The van der Waals surface area contributed by atoms with Gasteiger partial charge in [0.1, 0.15) is 5.75 Å². The van der Waals surface area contributed by atoms with Crippen molar-refractivity contribution in [1.29, 1.82) is 0 Å². The van der Waals surface area contributed by atoms with Crippen LogP contribution < -0.4 is 10.5 Å². The molecule has 25 heavy (non-hydrogen) atoms. The highest BCUT2D eigenvalue weighted by Crippen LogP contribution is 2.30. The SMILES string of the molecule is C[C@@H](N)Cc1ccc(S(=O)(=O)c2ccc(OCC(=O)O)c(Cl)c2)cc1. The number of hydrogen-bond acceptors (Lipinski definition) is 5. The van der Waals surface area contributed by atoms with E-state index in [1.807, 2.05) is 6.92 Å². The van der Waals surface area contributed by atoms with Gasteiger partial charge >= 0.3 is 5.97 Å². The monoisotopic (exact) mass is 383 g/mol. The molecule has 2 aromatic rings. The van der Waals surface area contributed by atoms with Crippen molar-refractivity contribution in [2.45, 2.75) is 29.2 Å². The minimum Gasteiger partial charge on any atom is -0.480 e. The molecule has 0 aliphatic rings. The van der Waals surface area contributed by atoms with Gasteiger partial charge in [0.2, 0.25) is 9.84 Å². The van der Waals surface area contributed by atoms with Gasteiger partial charge in [0, 0.05) is 6.04 Å². The third kappa shape index (κ3) is 4.94. The van der Waals surface area contributed by atoms with Crippen molar-refractivity contribution >= 4 is 27.4 Å². The Bertz CT molecular complexity index is 863. The molecular weight excluding hydrogens is 366 g/mol. The van der Waals surface area contributed by atoms with Crippen molar-refractivity contribution < 1.29 is 23.1 Å². The van der Waals surface area contributed by atoms with E-state index >= 15 is 0 Å². The molecule has 0 saturated heterocycles. The molecule has 134 valence electrons. The van der Waals surface area contributed by atoms with E-state index < -0.39 is 22.4 Å². The lowest BCUT2D eigenvalue weighted by Gasteiger charge is -2.10. The molecule has 0 unspecified atom stereocenters. The summed E-state index contributed by atoms with van der Waals surface area (Å²) in [5, 5.41) is 8.63. The fourth-order valence-corrected chi connectivity index (χ4v) is 3.80. The summed E-state index contributed by atoms with van der Waals surface area (Å²) in [7, 11) is -3.74. The zero-order valence-electron chi connectivity index (χ0n) is 13.5. The smallest absolute Gasteiger partial charge is 0.341 e. The molecule has 2 rings (SSSR count). The van der Waals surface area contributed by atoms with E-state index in [1.165, 1.54) is 30.3 Å². The molecule has 8 heteroatoms. The van der Waals surface area contributed by atoms with Crippen LogP contribution >= 0.6 is 11.6 Å². The number of hydrogen-bond donors (Lipinski definition) is 2. The van der Waals surface area contributed by atoms with E-state index in [2.05, 4.69) is 0 Å². The fourth-order valence-electron chi connectivity index (χ4n) is 2.22. The van der Waals surface area contributed by atoms with E-state index in [-0.39, 0.29) is 26.6 Å². The molecule has 0 amide bonds. The Balaban J connectivity index is 2.27. The average Bonchev–Trinajstić information content (AvgIpc) is 2.53. The van der Waals surface area contributed by atoms with Crippen LogP contribution in [0.15, 0.2) is 52.3 Å². The largest absolute Gasteiger partial charge is 0.480 e. The van der Waals surface area contributed by atoms with Gasteiger partial charge in [0.05, 0.1) is 14.8 Å². The van der Waals surface area contributed by atoms with Gasteiger partial charge in [-0.25, -0.2) is 13.2 Å². The van der Waals surface area contributed by atoms with Crippen molar-refractivity contribution in [1.82, 2.24) is 0 Å². The van der Waals surface area contributed by atoms with Gasteiger partial charge < -0.3 is 15.6 Å². The highest BCUT2D eigenvalue weighted by molar-refractivity contribution is 7.91. The number of rotatable bonds is 7. The average molecular weight is 384 g/mol. The number of sulfone groups is 1. The van der Waals surface area contributed by atoms with Gasteiger partial charge in [-0.3, -0.25) is 0 Å². The first-order valence-corrected chi connectivity index (χ1v) is 9.30. The first-order chi connectivity index (χ1) is 11.7. The van der Waals surface area contributed by atoms with E-state index in [4.69, 9.17) is 27.2 Å². The topological polar surface area (TPSA) is 107 Å². The van der Waals surface area contributed by atoms with Crippen LogP contribution in [-0.2, 0) is 21.1 Å². The zero-order valence-corrected chi connectivity index (χ0v) is 15.0. The predicted molar refractivity (Wildman–Crippen MR) is 93.8 cm³/mol. The summed E-state index contributed by atoms with van der Waals surface area (Å²) in [4.78, 5) is 10.7. The van der Waals surface area contributed by atoms with Crippen LogP contribution in [0.2, 0.25) is 5.02 Å². The van der Waals surface area contributed by atoms with Crippen LogP contribution in [0.4, 0.5) is 0 Å². The van der Waals surface area contributed by atoms with Crippen molar-refractivity contribution in [3.8, 4) is 5.75 Å². The number of carboxylic acid groups (broad SMARTS) is 1. The lowest BCUT2D eigenvalue weighted by Crippen LogP contribution is -2.17. The highest BCUT2D eigenvalue weighted by atomic mass is 35.5. The third-order valence-corrected chi connectivity index (χ3v) is 5.42. The molecular formula is C17H18ClNO5S. The van der Waals surface area contributed by atoms with Crippen LogP contribution in [0.25, 0.3) is 0 Å². The zero-order chi connectivity index (χ0) is 18.6. The minimum absolute atomic E-state index is 0.000109. The number of aliphatic carboxylic acids is 1. The molecule has 0 bridgehead atoms. The molecule has 0 saturated carbocycles. The Labute approximate surface area is 151 Å². The van der Waals surface area contributed by atoms with Gasteiger partial charge in [0.25, 0.3) is 0 Å². The maximum absolute atomic E-state index is 12.7. The Morgan fingerprint density at radius 2 is 1.80 bits per heavy atom. The van der Waals surface area contributed by atoms with E-state index in [0.29, 0.717) is 6.42 Å². The van der Waals surface area contributed by atoms with Gasteiger partial charge in [-0.05, 0) is 49.2 Å². The first-order valence-electron chi connectivity index (χ1n) is 7.44. The highest BCUT2D eigenvalue weighted by Gasteiger charge is 2.19. The second-order valence-corrected chi connectivity index (χ2v) is 7.96. The van der Waals surface area contributed by atoms with E-state index in [0.717, 1.165) is 5.56 Å². The van der Waals surface area contributed by atoms with Gasteiger partial charge in [-0.2, -0.15) is 0 Å². The Hall–Kier alpha value is -2.09. The lowest BCUT2D eigenvalue weighted by atomic mass is 10.1. The maximum Gasteiger partial charge on any atom is 0.341 e. The molecule has 3 N–H and O–H groups in total. The van der Waals surface area contributed by atoms with Crippen molar-refractivity contribution in [2.24, 2.45) is 5.73 Å². The number of benzene rings is 2. The minimum atomic E-state index is -3.74. The van der Waals surface area contributed by atoms with Crippen molar-refractivity contribution in [3.63, 3.8) is 0 Å². The summed E-state index contributed by atoms with van der Waals surface area (Å²) < 4.78 is 30.3. The summed E-state index contributed by atoms with van der Waals surface area (Å²) >= 11 is 5.99. The molecule has 0 aliphatic heterocycles. The first kappa shape index (κ1) is 19.2. The molecule has 1 atom stereocenters. The third-order valence-electron chi connectivity index (χ3n) is 3.36. The quantitative estimate of drug-likeness (QED) is 0.760. The fraction of sp³-hybridized carbons (Fsp3) is 0.235. The molecule has 0 radical (unpaired) electrons. The van der Waals surface area contributed by atoms with Crippen molar-refractivity contribution in [3.05, 3.63) is 53.1 Å². The number of nitrogens with two attached hydrogens (primary N) is 1. The van der Waals surface area contributed by atoms with E-state index in [1.54, 1.807) is 12.1 Å². The van der Waals surface area contributed by atoms with Crippen LogP contribution in [0.5, 0.6) is 5.75 Å². The predicted octanol–water partition coefficient (Wildman–Crippen LogP) is 2.53. The van der Waals surface area contributed by atoms with E-state index in [9.17, 15) is 13.2 Å². The summed E-state index contributed by atoms with van der Waals surface area (Å²) in [6.07, 6.45) is 0.655. The summed E-state index contributed by atoms with van der Waals surface area (Å²) in [6, 6.07) is 10.4. The second-order valence-electron chi connectivity index (χ2n) is 5.60. The van der Waals surface area contributed by atoms with Crippen LogP contribution in [0.3, 0.4) is 0 Å². The Morgan fingerprint density at radius 3 is 2.32 bits per heavy atom. The van der Waals surface area contributed by atoms with Gasteiger partial charge in [-0.1, -0.05) is 23.7 Å². The summed E-state index contributed by atoms with van der Waals surface area (Å²) in [5.74, 6) is -1.05. The number of carbonyl (C=O) groups is 1. The van der Waals surface area contributed by atoms with Gasteiger partial charge in [0.15, 0.2) is 6.61 Å². The Morgan fingerprint density at radius 1 is 1.20 bits per heavy atom. The number of halogens is 1. The molecule has 6 nitrogen and oxygen atoms in total. The molecule has 2 aromatic carbocycles. The van der Waals surface area contributed by atoms with Gasteiger partial charge in [-0.15, -0.1) is 0 Å². The second kappa shape index (κ2) is 7.86. The maximum atomic E-state index is 12.7. The van der Waals surface area contributed by atoms with Crippen molar-refractivity contribution in [2.75, 3.05) is 6.61 Å². The van der Waals surface area contributed by atoms with Crippen LogP contribution in [0, 0.1) is 0 Å². The summed E-state index contributed by atoms with van der Waals surface area (Å²) in [5.41, 5.74) is 6.68. The molecule has 0 spiro atoms. The standard InChI is InChI=1S/C17H18ClNO5S/c1-11(19)8-12-2-4-13(5-3-12)25(22,23)14-6-7-16(15(18)9-14)24-10-17(20)21/h2-7,9,11H,8,10,19H2,1H3,(H,20,21)/t11-/m1/s1. The molecule has 0 aliphatic carbocycles. The summed E-state index contributed by atoms with van der Waals surface area (Å²) in [6.45, 7) is 1.31. The number of ether oxygens (including phenoxy) is 1. The normalized spacial score (nSPS) is 12.6. The molecule has 0 aromatic heterocycles.